The molecule has 1 aliphatic carbocycles. The first-order chi connectivity index (χ1) is 15.8. The number of aryl methyl sites for hydroxylation is 1. The molecule has 1 unspecified atom stereocenters. The van der Waals surface area contributed by atoms with Crippen molar-refractivity contribution in [2.75, 3.05) is 5.32 Å². The Kier molecular flexibility index (Phi) is 5.46. The molecular formula is C22H16F6N2O4. The molecule has 0 bridgehead atoms. The van der Waals surface area contributed by atoms with Gasteiger partial charge in [-0.15, -0.1) is 0 Å². The number of benzene rings is 2. The van der Waals surface area contributed by atoms with E-state index in [0.29, 0.717) is 6.07 Å². The smallest absolute Gasteiger partial charge is 0.373 e. The van der Waals surface area contributed by atoms with Crippen LogP contribution in [0.2, 0.25) is 0 Å². The highest BCUT2D eigenvalue weighted by atomic mass is 19.4. The topological polar surface area (TPSA) is 92.4 Å². The first-order valence-electron chi connectivity index (χ1n) is 9.93. The zero-order valence-corrected chi connectivity index (χ0v) is 17.4. The normalized spacial score (nSPS) is 16.8. The minimum atomic E-state index is -5.49. The number of nitrogens with one attached hydrogen (secondary N) is 1. The molecule has 1 aromatic heterocycles. The number of halogens is 6. The quantitative estimate of drug-likeness (QED) is 0.415. The average molecular weight is 486 g/mol. The van der Waals surface area contributed by atoms with Crippen molar-refractivity contribution in [2.24, 2.45) is 0 Å². The van der Waals surface area contributed by atoms with Crippen molar-refractivity contribution in [3.05, 3.63) is 69.5 Å². The third-order valence-electron chi connectivity index (χ3n) is 6.03. The number of fused-ring (bicyclic) bond motifs is 1. The number of aromatic nitrogens is 1. The van der Waals surface area contributed by atoms with Gasteiger partial charge in [0.15, 0.2) is 11.6 Å². The molecule has 1 heterocycles. The Morgan fingerprint density at radius 1 is 1.09 bits per heavy atom. The number of nitrogens with zero attached hydrogens (tertiary/aromatic N) is 1. The second kappa shape index (κ2) is 7.83. The molecule has 0 spiro atoms. The summed E-state index contributed by atoms with van der Waals surface area (Å²) >= 11 is 0. The molecule has 1 amide bonds. The second-order valence-corrected chi connectivity index (χ2v) is 8.33. The number of amides is 1. The van der Waals surface area contributed by atoms with E-state index in [1.165, 1.54) is 19.1 Å². The van der Waals surface area contributed by atoms with Crippen molar-refractivity contribution in [1.82, 2.24) is 5.16 Å². The number of aliphatic hydroxyl groups is 1. The molecule has 1 atom stereocenters. The second-order valence-electron chi connectivity index (χ2n) is 8.33. The van der Waals surface area contributed by atoms with Crippen LogP contribution in [0, 0.1) is 24.4 Å². The van der Waals surface area contributed by atoms with E-state index in [0.717, 1.165) is 6.07 Å². The number of alkyl halides is 3. The maximum absolute atomic E-state index is 14.3. The van der Waals surface area contributed by atoms with Crippen molar-refractivity contribution < 1.29 is 40.8 Å². The Hall–Kier alpha value is -3.41. The van der Waals surface area contributed by atoms with Gasteiger partial charge in [-0.1, -0.05) is 5.16 Å². The van der Waals surface area contributed by atoms with Crippen molar-refractivity contribution in [2.45, 2.75) is 43.4 Å². The lowest BCUT2D eigenvalue weighted by Crippen LogP contribution is -2.56. The van der Waals surface area contributed by atoms with Gasteiger partial charge in [0, 0.05) is 29.0 Å². The summed E-state index contributed by atoms with van der Waals surface area (Å²) in [4.78, 5) is 24.4. The number of carbonyl (C=O) groups excluding carboxylic acids is 1. The van der Waals surface area contributed by atoms with E-state index < -0.39 is 58.2 Å². The van der Waals surface area contributed by atoms with E-state index in [9.17, 15) is 41.0 Å². The number of rotatable bonds is 5. The van der Waals surface area contributed by atoms with E-state index >= 15 is 0 Å². The van der Waals surface area contributed by atoms with Crippen LogP contribution in [-0.4, -0.2) is 27.9 Å². The van der Waals surface area contributed by atoms with E-state index in [2.05, 4.69) is 9.68 Å². The standard InChI is InChI=1S/C22H16F6N2O4/c1-10-13-6-11(2-3-12(13)18(31)34-30-10)29-19(32)21(33,22(26,27)28)9-20(4-5-20)14-7-16(24)17(25)8-15(14)23/h2-3,6-8,33H,4-5,9H2,1H3,(H,29,32). The van der Waals surface area contributed by atoms with Crippen molar-refractivity contribution in [1.29, 1.82) is 0 Å². The fourth-order valence-electron chi connectivity index (χ4n) is 3.96. The first kappa shape index (κ1) is 23.7. The van der Waals surface area contributed by atoms with E-state index in [1.807, 2.05) is 5.32 Å². The molecule has 180 valence electrons. The van der Waals surface area contributed by atoms with E-state index in [4.69, 9.17) is 0 Å². The van der Waals surface area contributed by atoms with E-state index in [-0.39, 0.29) is 41.1 Å². The van der Waals surface area contributed by atoms with Crippen LogP contribution in [0.3, 0.4) is 0 Å². The van der Waals surface area contributed by atoms with Crippen LogP contribution in [0.5, 0.6) is 0 Å². The molecule has 2 N–H and O–H groups in total. The predicted molar refractivity (Wildman–Crippen MR) is 106 cm³/mol. The van der Waals surface area contributed by atoms with Crippen LogP contribution in [0.1, 0.15) is 30.5 Å². The van der Waals surface area contributed by atoms with Crippen LogP contribution >= 0.6 is 0 Å². The zero-order valence-electron chi connectivity index (χ0n) is 17.4. The van der Waals surface area contributed by atoms with Crippen LogP contribution < -0.4 is 10.9 Å². The molecule has 2 aromatic carbocycles. The summed E-state index contributed by atoms with van der Waals surface area (Å²) in [5.74, 6) is -6.12. The molecule has 0 radical (unpaired) electrons. The lowest BCUT2D eigenvalue weighted by molar-refractivity contribution is -0.253. The highest BCUT2D eigenvalue weighted by molar-refractivity contribution is 6.00. The molecule has 1 aliphatic rings. The van der Waals surface area contributed by atoms with Crippen molar-refractivity contribution in [3.8, 4) is 0 Å². The highest BCUT2D eigenvalue weighted by Gasteiger charge is 2.65. The lowest BCUT2D eigenvalue weighted by Gasteiger charge is -2.33. The summed E-state index contributed by atoms with van der Waals surface area (Å²) in [6, 6.07) is 4.17. The summed E-state index contributed by atoms with van der Waals surface area (Å²) in [7, 11) is 0. The summed E-state index contributed by atoms with van der Waals surface area (Å²) < 4.78 is 87.7. The van der Waals surface area contributed by atoms with Crippen LogP contribution in [-0.2, 0) is 10.2 Å². The number of carbonyl (C=O) groups is 1. The van der Waals surface area contributed by atoms with Gasteiger partial charge in [0.1, 0.15) is 5.82 Å². The maximum Gasteiger partial charge on any atom is 0.426 e. The Balaban J connectivity index is 1.69. The van der Waals surface area contributed by atoms with Gasteiger partial charge in [-0.25, -0.2) is 18.0 Å². The van der Waals surface area contributed by atoms with Crippen molar-refractivity contribution >= 4 is 22.4 Å². The number of hydrogen-bond acceptors (Lipinski definition) is 5. The minimum Gasteiger partial charge on any atom is -0.373 e. The Morgan fingerprint density at radius 2 is 1.74 bits per heavy atom. The molecule has 12 heteroatoms. The third kappa shape index (κ3) is 3.91. The Morgan fingerprint density at radius 3 is 2.35 bits per heavy atom. The fourth-order valence-corrected chi connectivity index (χ4v) is 3.96. The van der Waals surface area contributed by atoms with Gasteiger partial charge in [0.25, 0.3) is 5.91 Å². The predicted octanol–water partition coefficient (Wildman–Crippen LogP) is 4.27. The van der Waals surface area contributed by atoms with Gasteiger partial charge in [-0.2, -0.15) is 13.2 Å². The third-order valence-corrected chi connectivity index (χ3v) is 6.03. The number of anilines is 1. The maximum atomic E-state index is 14.3. The number of hydrogen-bond donors (Lipinski definition) is 2. The summed E-state index contributed by atoms with van der Waals surface area (Å²) in [6.07, 6.45) is -6.97. The van der Waals surface area contributed by atoms with Crippen LogP contribution in [0.4, 0.5) is 32.0 Å². The fraction of sp³-hybridized carbons (Fsp3) is 0.318. The van der Waals surface area contributed by atoms with Crippen molar-refractivity contribution in [3.63, 3.8) is 0 Å². The SMILES string of the molecule is Cc1noc(=O)c2ccc(NC(=O)C(O)(CC3(c4cc(F)c(F)cc4F)CC3)C(F)(F)F)cc12. The largest absolute Gasteiger partial charge is 0.426 e. The molecule has 3 aromatic rings. The monoisotopic (exact) mass is 486 g/mol. The highest BCUT2D eigenvalue weighted by Crippen LogP contribution is 2.56. The molecular weight excluding hydrogens is 470 g/mol. The summed E-state index contributed by atoms with van der Waals surface area (Å²) in [6.45, 7) is 1.47. The average Bonchev–Trinajstić information content (AvgIpc) is 3.52. The molecule has 0 aliphatic heterocycles. The van der Waals surface area contributed by atoms with Gasteiger partial charge in [0.2, 0.25) is 5.60 Å². The molecule has 34 heavy (non-hydrogen) atoms. The van der Waals surface area contributed by atoms with Gasteiger partial charge in [-0.3, -0.25) is 4.79 Å². The lowest BCUT2D eigenvalue weighted by atomic mass is 9.81. The van der Waals surface area contributed by atoms with Gasteiger partial charge in [0.05, 0.1) is 11.1 Å². The van der Waals surface area contributed by atoms with Gasteiger partial charge in [-0.05, 0) is 49.6 Å². The Labute approximate surface area is 187 Å². The first-order valence-corrected chi connectivity index (χ1v) is 9.93. The summed E-state index contributed by atoms with van der Waals surface area (Å²) in [5.41, 5.74) is -7.01. The minimum absolute atomic E-state index is 0.0716. The molecule has 0 saturated heterocycles. The van der Waals surface area contributed by atoms with Crippen LogP contribution in [0.15, 0.2) is 39.6 Å². The zero-order chi connectivity index (χ0) is 25.1. The molecule has 4 rings (SSSR count). The van der Waals surface area contributed by atoms with E-state index in [1.54, 1.807) is 0 Å². The van der Waals surface area contributed by atoms with Gasteiger partial charge < -0.3 is 14.9 Å². The molecule has 1 saturated carbocycles. The molecule has 6 nitrogen and oxygen atoms in total. The van der Waals surface area contributed by atoms with Crippen LogP contribution in [0.25, 0.3) is 10.8 Å². The van der Waals surface area contributed by atoms with Gasteiger partial charge >= 0.3 is 11.8 Å². The summed E-state index contributed by atoms with van der Waals surface area (Å²) in [5, 5.41) is 16.3. The Bertz CT molecular complexity index is 1370. The molecule has 1 fully saturated rings.